The van der Waals surface area contributed by atoms with Crippen LogP contribution in [-0.2, 0) is 10.1 Å². The van der Waals surface area contributed by atoms with Crippen molar-refractivity contribution in [2.75, 3.05) is 12.4 Å². The Morgan fingerprint density at radius 1 is 1.20 bits per heavy atom. The topological polar surface area (TPSA) is 75.7 Å². The van der Waals surface area contributed by atoms with Gasteiger partial charge in [-0.25, -0.2) is 8.42 Å². The van der Waals surface area contributed by atoms with Crippen LogP contribution < -0.4 is 39.0 Å². The van der Waals surface area contributed by atoms with Crippen molar-refractivity contribution in [3.63, 3.8) is 0 Å². The van der Waals surface area contributed by atoms with Crippen LogP contribution in [-0.4, -0.2) is 31.4 Å². The van der Waals surface area contributed by atoms with E-state index in [1.807, 2.05) is 10.8 Å². The molecule has 1 atom stereocenters. The van der Waals surface area contributed by atoms with Crippen LogP contribution in [0, 0.1) is 0 Å². The maximum Gasteiger partial charge on any atom is 1.00 e. The molecule has 0 fully saturated rings. The van der Waals surface area contributed by atoms with Crippen molar-refractivity contribution in [2.24, 2.45) is 0 Å². The zero-order valence-electron chi connectivity index (χ0n) is 11.5. The number of hydrogen-bond donors (Lipinski definition) is 0. The van der Waals surface area contributed by atoms with Crippen LogP contribution in [0.25, 0.3) is 0 Å². The maximum atomic E-state index is 10.4. The van der Waals surface area contributed by atoms with Gasteiger partial charge in [-0.1, -0.05) is 12.8 Å². The fraction of sp³-hybridized carbons (Fsp3) is 0.667. The van der Waals surface area contributed by atoms with Crippen molar-refractivity contribution in [2.45, 2.75) is 38.2 Å². The molecular weight excluding hydrogens is 311 g/mol. The summed E-state index contributed by atoms with van der Waals surface area (Å²) in [5.41, 5.74) is 0. The molecule has 1 aromatic heterocycles. The van der Waals surface area contributed by atoms with Crippen molar-refractivity contribution in [1.29, 1.82) is 0 Å². The Bertz CT molecular complexity index is 500. The fourth-order valence-corrected chi connectivity index (χ4v) is 3.24. The monoisotopic (exact) mass is 328 g/mol. The van der Waals surface area contributed by atoms with Crippen LogP contribution in [0.1, 0.15) is 32.1 Å². The van der Waals surface area contributed by atoms with Gasteiger partial charge < -0.3 is 14.0 Å². The standard InChI is InChI=1S/C12H18O5S2.Na/c13-19(14,15)6-4-2-1-3-5-10-7-16-11-8-18-9-12(11)17-10;/h8-10H,1-7H2,(H,13,14,15);/q;+1/p-1. The summed E-state index contributed by atoms with van der Waals surface area (Å²) in [6.45, 7) is 0.568. The first-order valence-electron chi connectivity index (χ1n) is 6.34. The van der Waals surface area contributed by atoms with Crippen molar-refractivity contribution in [3.8, 4) is 11.5 Å². The molecular formula is C12H17NaO5S2. The number of unbranched alkanes of at least 4 members (excludes halogenated alkanes) is 3. The van der Waals surface area contributed by atoms with Gasteiger partial charge in [0.1, 0.15) is 12.7 Å². The molecule has 0 aliphatic carbocycles. The third-order valence-electron chi connectivity index (χ3n) is 2.98. The Morgan fingerprint density at radius 3 is 2.65 bits per heavy atom. The molecule has 8 heteroatoms. The quantitative estimate of drug-likeness (QED) is 0.379. The molecule has 0 spiro atoms. The summed E-state index contributed by atoms with van der Waals surface area (Å²) in [6, 6.07) is 0. The van der Waals surface area contributed by atoms with Crippen molar-refractivity contribution >= 4 is 21.5 Å². The van der Waals surface area contributed by atoms with Crippen LogP contribution in [0.4, 0.5) is 0 Å². The van der Waals surface area contributed by atoms with Gasteiger partial charge in [-0.3, -0.25) is 0 Å². The number of rotatable bonds is 7. The van der Waals surface area contributed by atoms with E-state index in [1.54, 1.807) is 11.3 Å². The number of thiophene rings is 1. The molecule has 1 aliphatic rings. The Morgan fingerprint density at radius 2 is 1.90 bits per heavy atom. The minimum Gasteiger partial charge on any atom is -0.748 e. The minimum atomic E-state index is -4.05. The second-order valence-electron chi connectivity index (χ2n) is 4.62. The number of ether oxygens (including phenoxy) is 2. The smallest absolute Gasteiger partial charge is 0.748 e. The normalized spacial score (nSPS) is 17.6. The first-order chi connectivity index (χ1) is 9.04. The molecule has 2 rings (SSSR count). The Labute approximate surface area is 145 Å². The van der Waals surface area contributed by atoms with Gasteiger partial charge >= 0.3 is 29.6 Å². The van der Waals surface area contributed by atoms with Crippen LogP contribution in [0.2, 0.25) is 0 Å². The molecule has 108 valence electrons. The van der Waals surface area contributed by atoms with Gasteiger partial charge in [0.25, 0.3) is 0 Å². The maximum absolute atomic E-state index is 10.4. The zero-order chi connectivity index (χ0) is 13.7. The van der Waals surface area contributed by atoms with E-state index in [2.05, 4.69) is 0 Å². The Balaban J connectivity index is 0.00000200. The fourth-order valence-electron chi connectivity index (χ4n) is 2.01. The molecule has 1 aromatic rings. The summed E-state index contributed by atoms with van der Waals surface area (Å²) in [5, 5.41) is 3.86. The van der Waals surface area contributed by atoms with Gasteiger partial charge in [0.05, 0.1) is 10.1 Å². The first-order valence-corrected chi connectivity index (χ1v) is 8.86. The molecule has 20 heavy (non-hydrogen) atoms. The molecule has 1 aliphatic heterocycles. The summed E-state index contributed by atoms with van der Waals surface area (Å²) in [6.07, 6.45) is 4.03. The van der Waals surface area contributed by atoms with Crippen LogP contribution >= 0.6 is 11.3 Å². The van der Waals surface area contributed by atoms with Crippen LogP contribution in [0.3, 0.4) is 0 Å². The van der Waals surface area contributed by atoms with E-state index in [4.69, 9.17) is 9.47 Å². The third-order valence-corrected chi connectivity index (χ3v) is 4.47. The molecule has 0 N–H and O–H groups in total. The van der Waals surface area contributed by atoms with Gasteiger partial charge in [-0.15, -0.1) is 11.3 Å². The van der Waals surface area contributed by atoms with Gasteiger partial charge in [0.15, 0.2) is 11.5 Å². The second-order valence-corrected chi connectivity index (χ2v) is 6.88. The summed E-state index contributed by atoms with van der Waals surface area (Å²) < 4.78 is 42.6. The molecule has 2 heterocycles. The van der Waals surface area contributed by atoms with E-state index in [0.717, 1.165) is 37.2 Å². The molecule has 0 bridgehead atoms. The number of hydrogen-bond acceptors (Lipinski definition) is 6. The SMILES string of the molecule is O=S(=O)([O-])CCCCCCC1COc2cscc2O1.[Na+]. The van der Waals surface area contributed by atoms with E-state index in [-0.39, 0.29) is 41.4 Å². The van der Waals surface area contributed by atoms with E-state index >= 15 is 0 Å². The summed E-state index contributed by atoms with van der Waals surface area (Å²) >= 11 is 1.56. The van der Waals surface area contributed by atoms with Gasteiger partial charge in [-0.2, -0.15) is 0 Å². The van der Waals surface area contributed by atoms with Crippen LogP contribution in [0.15, 0.2) is 10.8 Å². The largest absolute Gasteiger partial charge is 1.00 e. The van der Waals surface area contributed by atoms with Gasteiger partial charge in [0, 0.05) is 16.5 Å². The van der Waals surface area contributed by atoms with Crippen molar-refractivity contribution in [3.05, 3.63) is 10.8 Å². The molecule has 0 radical (unpaired) electrons. The average Bonchev–Trinajstić information content (AvgIpc) is 2.79. The first kappa shape index (κ1) is 18.3. The predicted molar refractivity (Wildman–Crippen MR) is 71.9 cm³/mol. The summed E-state index contributed by atoms with van der Waals surface area (Å²) in [4.78, 5) is 0. The van der Waals surface area contributed by atoms with Gasteiger partial charge in [0.2, 0.25) is 0 Å². The summed E-state index contributed by atoms with van der Waals surface area (Å²) in [7, 11) is -4.05. The molecule has 0 aromatic carbocycles. The Kier molecular flexibility index (Phi) is 7.86. The molecule has 1 unspecified atom stereocenters. The minimum absolute atomic E-state index is 0. The second kappa shape index (κ2) is 8.60. The van der Waals surface area contributed by atoms with Crippen molar-refractivity contribution < 1.29 is 52.0 Å². The zero-order valence-corrected chi connectivity index (χ0v) is 15.2. The molecule has 5 nitrogen and oxygen atoms in total. The van der Waals surface area contributed by atoms with E-state index in [0.29, 0.717) is 13.0 Å². The molecule has 0 amide bonds. The van der Waals surface area contributed by atoms with Crippen molar-refractivity contribution in [1.82, 2.24) is 0 Å². The predicted octanol–water partition coefficient (Wildman–Crippen LogP) is -0.612. The number of fused-ring (bicyclic) bond motifs is 1. The third kappa shape index (κ3) is 6.32. The average molecular weight is 328 g/mol. The Hall–Kier alpha value is 0.210. The van der Waals surface area contributed by atoms with E-state index < -0.39 is 10.1 Å². The van der Waals surface area contributed by atoms with Gasteiger partial charge in [-0.05, 0) is 19.3 Å². The van der Waals surface area contributed by atoms with E-state index in [1.165, 1.54) is 0 Å². The molecule has 0 saturated heterocycles. The van der Waals surface area contributed by atoms with E-state index in [9.17, 15) is 13.0 Å². The summed E-state index contributed by atoms with van der Waals surface area (Å²) in [5.74, 6) is 1.38. The van der Waals surface area contributed by atoms with Crippen LogP contribution in [0.5, 0.6) is 11.5 Å². The molecule has 0 saturated carbocycles.